The average molecular weight is 296 g/mol. The third kappa shape index (κ3) is 4.02. The van der Waals surface area contributed by atoms with Gasteiger partial charge in [-0.25, -0.2) is 8.78 Å². The summed E-state index contributed by atoms with van der Waals surface area (Å²) in [4.78, 5) is 0. The molecule has 0 fully saturated rings. The fourth-order valence-corrected chi connectivity index (χ4v) is 2.17. The molecule has 0 aliphatic heterocycles. The molecule has 0 saturated heterocycles. The Hall–Kier alpha value is -1.45. The highest BCUT2D eigenvalue weighted by atomic mass is 35.5. The van der Waals surface area contributed by atoms with Crippen molar-refractivity contribution in [2.75, 3.05) is 6.54 Å². The van der Waals surface area contributed by atoms with E-state index in [0.717, 1.165) is 24.1 Å². The molecule has 0 aliphatic carbocycles. The van der Waals surface area contributed by atoms with E-state index < -0.39 is 5.82 Å². The van der Waals surface area contributed by atoms with Crippen LogP contribution in [0.15, 0.2) is 42.5 Å². The van der Waals surface area contributed by atoms with Crippen molar-refractivity contribution in [1.82, 2.24) is 5.32 Å². The third-order valence-electron chi connectivity index (χ3n) is 3.22. The van der Waals surface area contributed by atoms with Gasteiger partial charge in [-0.05, 0) is 55.3 Å². The van der Waals surface area contributed by atoms with E-state index in [0.29, 0.717) is 0 Å². The minimum absolute atomic E-state index is 0.0774. The molecule has 1 unspecified atom stereocenters. The smallest absolute Gasteiger partial charge is 0.141 e. The van der Waals surface area contributed by atoms with Crippen LogP contribution in [0, 0.1) is 11.6 Å². The fraction of sp³-hybridized carbons (Fsp3) is 0.250. The van der Waals surface area contributed by atoms with Crippen LogP contribution < -0.4 is 5.32 Å². The number of benzene rings is 2. The molecule has 0 aromatic heterocycles. The zero-order chi connectivity index (χ0) is 14.5. The summed E-state index contributed by atoms with van der Waals surface area (Å²) in [6.45, 7) is 2.75. The Balaban J connectivity index is 1.87. The third-order valence-corrected chi connectivity index (χ3v) is 3.51. The van der Waals surface area contributed by atoms with Crippen LogP contribution in [-0.2, 0) is 6.42 Å². The van der Waals surface area contributed by atoms with E-state index in [1.54, 1.807) is 24.3 Å². The van der Waals surface area contributed by atoms with Crippen molar-refractivity contribution in [2.45, 2.75) is 19.4 Å². The van der Waals surface area contributed by atoms with E-state index >= 15 is 0 Å². The van der Waals surface area contributed by atoms with E-state index in [2.05, 4.69) is 5.32 Å². The van der Waals surface area contributed by atoms with Gasteiger partial charge in [0.2, 0.25) is 0 Å². The van der Waals surface area contributed by atoms with Gasteiger partial charge in [0.05, 0.1) is 5.02 Å². The van der Waals surface area contributed by atoms with Gasteiger partial charge in [-0.1, -0.05) is 29.8 Å². The highest BCUT2D eigenvalue weighted by molar-refractivity contribution is 6.30. The molecule has 2 aromatic rings. The minimum Gasteiger partial charge on any atom is -0.310 e. The van der Waals surface area contributed by atoms with E-state index in [9.17, 15) is 8.78 Å². The maximum absolute atomic E-state index is 13.1. The maximum Gasteiger partial charge on any atom is 0.141 e. The second-order valence-corrected chi connectivity index (χ2v) is 5.13. The summed E-state index contributed by atoms with van der Waals surface area (Å²) in [5.74, 6) is -0.634. The molecule has 2 aromatic carbocycles. The molecular weight excluding hydrogens is 280 g/mol. The normalized spacial score (nSPS) is 12.4. The van der Waals surface area contributed by atoms with Gasteiger partial charge < -0.3 is 5.32 Å². The lowest BCUT2D eigenvalue weighted by molar-refractivity contribution is 0.572. The predicted molar refractivity (Wildman–Crippen MR) is 77.9 cm³/mol. The van der Waals surface area contributed by atoms with Crippen LogP contribution >= 0.6 is 11.6 Å². The van der Waals surface area contributed by atoms with Gasteiger partial charge in [-0.2, -0.15) is 0 Å². The highest BCUT2D eigenvalue weighted by Gasteiger charge is 2.07. The van der Waals surface area contributed by atoms with Gasteiger partial charge in [0.25, 0.3) is 0 Å². The van der Waals surface area contributed by atoms with E-state index in [1.807, 2.05) is 6.92 Å². The first kappa shape index (κ1) is 14.9. The standard InChI is InChI=1S/C16H16ClF2N/c1-11(13-4-7-16(19)15(17)10-13)20-9-8-12-2-5-14(18)6-3-12/h2-7,10-11,20H,8-9H2,1H3. The molecule has 4 heteroatoms. The number of nitrogens with one attached hydrogen (secondary N) is 1. The first-order valence-corrected chi connectivity index (χ1v) is 6.87. The van der Waals surface area contributed by atoms with Crippen molar-refractivity contribution in [1.29, 1.82) is 0 Å². The Morgan fingerprint density at radius 3 is 2.45 bits per heavy atom. The van der Waals surface area contributed by atoms with Gasteiger partial charge in [0.15, 0.2) is 0 Å². The summed E-state index contributed by atoms with van der Waals surface area (Å²) in [5.41, 5.74) is 2.01. The van der Waals surface area contributed by atoms with Crippen molar-refractivity contribution < 1.29 is 8.78 Å². The molecule has 0 aliphatic rings. The molecule has 0 bridgehead atoms. The molecule has 20 heavy (non-hydrogen) atoms. The number of halogens is 3. The molecule has 0 amide bonds. The largest absolute Gasteiger partial charge is 0.310 e. The van der Waals surface area contributed by atoms with Gasteiger partial charge in [0, 0.05) is 6.04 Å². The number of hydrogen-bond donors (Lipinski definition) is 1. The Morgan fingerprint density at radius 2 is 1.80 bits per heavy atom. The fourth-order valence-electron chi connectivity index (χ4n) is 1.98. The quantitative estimate of drug-likeness (QED) is 0.855. The van der Waals surface area contributed by atoms with Crippen molar-refractivity contribution in [2.24, 2.45) is 0 Å². The second-order valence-electron chi connectivity index (χ2n) is 4.73. The maximum atomic E-state index is 13.1. The van der Waals surface area contributed by atoms with Crippen molar-refractivity contribution in [3.63, 3.8) is 0 Å². The second kappa shape index (κ2) is 6.82. The average Bonchev–Trinajstić information content (AvgIpc) is 2.44. The first-order chi connectivity index (χ1) is 9.56. The van der Waals surface area contributed by atoms with Crippen molar-refractivity contribution >= 4 is 11.6 Å². The van der Waals surface area contributed by atoms with Crippen LogP contribution in [0.5, 0.6) is 0 Å². The molecule has 0 spiro atoms. The summed E-state index contributed by atoms with van der Waals surface area (Å²) >= 11 is 5.76. The van der Waals surface area contributed by atoms with Gasteiger partial charge in [0.1, 0.15) is 11.6 Å². The van der Waals surface area contributed by atoms with Gasteiger partial charge >= 0.3 is 0 Å². The van der Waals surface area contributed by atoms with Crippen LogP contribution in [-0.4, -0.2) is 6.54 Å². The summed E-state index contributed by atoms with van der Waals surface area (Å²) in [6, 6.07) is 11.3. The molecule has 2 rings (SSSR count). The van der Waals surface area contributed by atoms with Crippen LogP contribution in [0.1, 0.15) is 24.1 Å². The summed E-state index contributed by atoms with van der Waals surface area (Å²) in [6.07, 6.45) is 0.805. The Kier molecular flexibility index (Phi) is 5.10. The molecule has 1 N–H and O–H groups in total. The Morgan fingerprint density at radius 1 is 1.10 bits per heavy atom. The van der Waals surface area contributed by atoms with Crippen LogP contribution in [0.4, 0.5) is 8.78 Å². The lowest BCUT2D eigenvalue weighted by Gasteiger charge is -2.14. The Bertz CT molecular complexity index is 569. The lowest BCUT2D eigenvalue weighted by Crippen LogP contribution is -2.21. The van der Waals surface area contributed by atoms with Crippen LogP contribution in [0.3, 0.4) is 0 Å². The van der Waals surface area contributed by atoms with Crippen LogP contribution in [0.2, 0.25) is 5.02 Å². The Labute approximate surface area is 122 Å². The van der Waals surface area contributed by atoms with Crippen molar-refractivity contribution in [3.8, 4) is 0 Å². The molecule has 0 radical (unpaired) electrons. The molecule has 0 saturated carbocycles. The summed E-state index contributed by atoms with van der Waals surface area (Å²) in [5, 5.41) is 3.47. The molecular formula is C16H16ClF2N. The van der Waals surface area contributed by atoms with Crippen molar-refractivity contribution in [3.05, 3.63) is 70.2 Å². The van der Waals surface area contributed by atoms with Gasteiger partial charge in [-0.15, -0.1) is 0 Å². The van der Waals surface area contributed by atoms with Crippen LogP contribution in [0.25, 0.3) is 0 Å². The zero-order valence-corrected chi connectivity index (χ0v) is 11.9. The highest BCUT2D eigenvalue weighted by Crippen LogP contribution is 2.20. The zero-order valence-electron chi connectivity index (χ0n) is 11.2. The molecule has 1 atom stereocenters. The summed E-state index contributed by atoms with van der Waals surface area (Å²) in [7, 11) is 0. The topological polar surface area (TPSA) is 12.0 Å². The molecule has 0 heterocycles. The monoisotopic (exact) mass is 295 g/mol. The van der Waals surface area contributed by atoms with E-state index in [1.165, 1.54) is 18.2 Å². The van der Waals surface area contributed by atoms with Gasteiger partial charge in [-0.3, -0.25) is 0 Å². The van der Waals surface area contributed by atoms with E-state index in [-0.39, 0.29) is 16.9 Å². The number of hydrogen-bond acceptors (Lipinski definition) is 1. The number of rotatable bonds is 5. The SMILES string of the molecule is CC(NCCc1ccc(F)cc1)c1ccc(F)c(Cl)c1. The molecule has 106 valence electrons. The summed E-state index contributed by atoms with van der Waals surface area (Å²) < 4.78 is 25.9. The van der Waals surface area contributed by atoms with E-state index in [4.69, 9.17) is 11.6 Å². The predicted octanol–water partition coefficient (Wildman–Crippen LogP) is 4.51. The minimum atomic E-state index is -0.408. The molecule has 1 nitrogen and oxygen atoms in total. The first-order valence-electron chi connectivity index (χ1n) is 6.49. The lowest BCUT2D eigenvalue weighted by atomic mass is 10.1.